The van der Waals surface area contributed by atoms with Gasteiger partial charge in [0.1, 0.15) is 6.04 Å². The summed E-state index contributed by atoms with van der Waals surface area (Å²) in [6, 6.07) is 24.8. The highest BCUT2D eigenvalue weighted by Crippen LogP contribution is 2.37. The van der Waals surface area contributed by atoms with E-state index < -0.39 is 11.3 Å². The van der Waals surface area contributed by atoms with Gasteiger partial charge in [-0.2, -0.15) is 0 Å². The maximum atomic E-state index is 13.5. The van der Waals surface area contributed by atoms with Crippen molar-refractivity contribution in [2.24, 2.45) is 0 Å². The molecule has 5 rings (SSSR count). The number of hydrogen-bond acceptors (Lipinski definition) is 5. The molecule has 0 aliphatic carbocycles. The normalized spacial score (nSPS) is 21.0. The number of amides is 2. The molecule has 2 saturated heterocycles. The molecule has 2 heterocycles. The van der Waals surface area contributed by atoms with Gasteiger partial charge in [0.05, 0.1) is 11.6 Å². The third-order valence-electron chi connectivity index (χ3n) is 6.14. The number of hydrazine groups is 1. The number of rotatable bonds is 7. The minimum atomic E-state index is -0.909. The van der Waals surface area contributed by atoms with E-state index in [1.54, 1.807) is 6.07 Å². The van der Waals surface area contributed by atoms with Crippen LogP contribution in [-0.2, 0) is 14.3 Å². The zero-order chi connectivity index (χ0) is 24.2. The number of benzene rings is 3. The summed E-state index contributed by atoms with van der Waals surface area (Å²) >= 11 is 7.45. The Hall–Kier alpha value is -3.00. The van der Waals surface area contributed by atoms with Crippen LogP contribution in [-0.4, -0.2) is 41.3 Å². The second-order valence-electron chi connectivity index (χ2n) is 8.61. The molecule has 0 aromatic heterocycles. The van der Waals surface area contributed by atoms with E-state index in [0.717, 1.165) is 36.3 Å². The van der Waals surface area contributed by atoms with Crippen molar-refractivity contribution in [2.75, 3.05) is 18.5 Å². The molecule has 35 heavy (non-hydrogen) atoms. The monoisotopic (exact) mass is 507 g/mol. The number of carbonyl (C=O) groups is 2. The topological polar surface area (TPSA) is 70.7 Å². The molecule has 180 valence electrons. The first-order valence-corrected chi connectivity index (χ1v) is 12.9. The molecule has 0 bridgehead atoms. The molecular formula is C27H26ClN3O3S. The third kappa shape index (κ3) is 5.32. The van der Waals surface area contributed by atoms with Gasteiger partial charge in [-0.05, 0) is 48.2 Å². The first-order valence-electron chi connectivity index (χ1n) is 11.6. The molecule has 3 aromatic carbocycles. The van der Waals surface area contributed by atoms with Gasteiger partial charge in [-0.1, -0.05) is 66.2 Å². The minimum absolute atomic E-state index is 0.293. The van der Waals surface area contributed by atoms with Crippen LogP contribution in [0.5, 0.6) is 0 Å². The Morgan fingerprint density at radius 1 is 0.971 bits per heavy atom. The molecule has 6 nitrogen and oxygen atoms in total. The van der Waals surface area contributed by atoms with E-state index in [-0.39, 0.29) is 11.8 Å². The third-order valence-corrected chi connectivity index (χ3v) is 7.85. The zero-order valence-electron chi connectivity index (χ0n) is 19.0. The van der Waals surface area contributed by atoms with Crippen LogP contribution in [0.2, 0.25) is 5.02 Å². The fourth-order valence-electron chi connectivity index (χ4n) is 4.41. The lowest BCUT2D eigenvalue weighted by Crippen LogP contribution is -2.40. The highest BCUT2D eigenvalue weighted by molar-refractivity contribution is 8.01. The van der Waals surface area contributed by atoms with E-state index >= 15 is 0 Å². The van der Waals surface area contributed by atoms with Crippen molar-refractivity contribution in [1.82, 2.24) is 10.4 Å². The average Bonchev–Trinajstić information content (AvgIpc) is 3.16. The molecule has 2 amide bonds. The second kappa shape index (κ2) is 10.7. The van der Waals surface area contributed by atoms with Crippen molar-refractivity contribution >= 4 is 40.9 Å². The molecule has 0 saturated carbocycles. The summed E-state index contributed by atoms with van der Waals surface area (Å²) in [5.41, 5.74) is 5.63. The van der Waals surface area contributed by atoms with Gasteiger partial charge in [0.25, 0.3) is 11.8 Å². The molecule has 2 N–H and O–H groups in total. The Kier molecular flexibility index (Phi) is 7.27. The van der Waals surface area contributed by atoms with E-state index in [4.69, 9.17) is 16.3 Å². The van der Waals surface area contributed by atoms with Crippen molar-refractivity contribution in [3.8, 4) is 0 Å². The van der Waals surface area contributed by atoms with Crippen LogP contribution in [0.3, 0.4) is 0 Å². The van der Waals surface area contributed by atoms with Gasteiger partial charge < -0.3 is 10.1 Å². The van der Waals surface area contributed by atoms with Crippen LogP contribution in [0.25, 0.3) is 0 Å². The van der Waals surface area contributed by atoms with Crippen LogP contribution < -0.4 is 10.7 Å². The van der Waals surface area contributed by atoms with Crippen LogP contribution in [0.15, 0.2) is 83.8 Å². The van der Waals surface area contributed by atoms with Gasteiger partial charge in [-0.3, -0.25) is 15.0 Å². The van der Waals surface area contributed by atoms with E-state index in [1.807, 2.05) is 72.8 Å². The first-order chi connectivity index (χ1) is 17.1. The van der Waals surface area contributed by atoms with Gasteiger partial charge in [0.2, 0.25) is 0 Å². The van der Waals surface area contributed by atoms with Crippen molar-refractivity contribution in [2.45, 2.75) is 35.1 Å². The lowest BCUT2D eigenvalue weighted by Gasteiger charge is -2.29. The van der Waals surface area contributed by atoms with Crippen molar-refractivity contribution in [3.63, 3.8) is 0 Å². The van der Waals surface area contributed by atoms with Crippen molar-refractivity contribution < 1.29 is 14.3 Å². The van der Waals surface area contributed by atoms with Crippen LogP contribution in [0, 0.1) is 0 Å². The molecule has 0 spiro atoms. The summed E-state index contributed by atoms with van der Waals surface area (Å²) in [5.74, 6) is -0.647. The van der Waals surface area contributed by atoms with E-state index in [2.05, 4.69) is 10.7 Å². The number of carbonyl (C=O) groups excluding carboxylic acids is 2. The minimum Gasteiger partial charge on any atom is -0.380 e. The van der Waals surface area contributed by atoms with Gasteiger partial charge in [0, 0.05) is 23.2 Å². The molecule has 2 aliphatic rings. The van der Waals surface area contributed by atoms with Crippen LogP contribution in [0.4, 0.5) is 5.69 Å². The number of thioether (sulfide) groups is 1. The molecule has 2 unspecified atom stereocenters. The summed E-state index contributed by atoms with van der Waals surface area (Å²) in [4.78, 5) is 27.1. The van der Waals surface area contributed by atoms with Gasteiger partial charge in [-0.25, -0.2) is 5.01 Å². The van der Waals surface area contributed by atoms with E-state index in [0.29, 0.717) is 22.6 Å². The first kappa shape index (κ1) is 23.7. The highest BCUT2D eigenvalue weighted by atomic mass is 35.5. The molecule has 3 atom stereocenters. The van der Waals surface area contributed by atoms with Crippen molar-refractivity contribution in [3.05, 3.63) is 95.0 Å². The predicted octanol–water partition coefficient (Wildman–Crippen LogP) is 5.05. The second-order valence-corrected chi connectivity index (χ2v) is 10.2. The summed E-state index contributed by atoms with van der Waals surface area (Å²) < 4.78 is 5.57. The van der Waals surface area contributed by atoms with Gasteiger partial charge in [-0.15, -0.1) is 11.8 Å². The number of halogens is 1. The SMILES string of the molecule is O=C1NN(C(c2ccccc2)c2ccc(N[C@H]3CCCOC3)cc2)C(=O)C1Sc1ccccc1Cl. The summed E-state index contributed by atoms with van der Waals surface area (Å²) in [5, 5.41) is 4.58. The number of anilines is 1. The number of ether oxygens (including phenoxy) is 1. The van der Waals surface area contributed by atoms with Gasteiger partial charge >= 0.3 is 0 Å². The molecule has 8 heteroatoms. The van der Waals surface area contributed by atoms with Gasteiger partial charge in [0.15, 0.2) is 5.25 Å². The van der Waals surface area contributed by atoms with Crippen LogP contribution >= 0.6 is 23.4 Å². The summed E-state index contributed by atoms with van der Waals surface area (Å²) in [6.45, 7) is 1.52. The summed E-state index contributed by atoms with van der Waals surface area (Å²) in [6.07, 6.45) is 2.13. The Balaban J connectivity index is 1.40. The van der Waals surface area contributed by atoms with Crippen molar-refractivity contribution in [1.29, 1.82) is 0 Å². The lowest BCUT2D eigenvalue weighted by molar-refractivity contribution is -0.131. The van der Waals surface area contributed by atoms with Crippen LogP contribution in [0.1, 0.15) is 30.0 Å². The average molecular weight is 508 g/mol. The Labute approximate surface area is 214 Å². The molecule has 2 fully saturated rings. The number of nitrogens with zero attached hydrogens (tertiary/aromatic N) is 1. The zero-order valence-corrected chi connectivity index (χ0v) is 20.6. The quantitative estimate of drug-likeness (QED) is 0.438. The number of hydrogen-bond donors (Lipinski definition) is 2. The van der Waals surface area contributed by atoms with E-state index in [9.17, 15) is 9.59 Å². The standard InChI is InChI=1S/C27H26ClN3O3S/c28-22-10-4-5-11-23(22)35-25-26(32)30-31(27(25)33)24(18-7-2-1-3-8-18)19-12-14-20(15-13-19)29-21-9-6-16-34-17-21/h1-5,7-8,10-15,21,24-25,29H,6,9,16-17H2,(H,30,32)/t21-,24?,25?/m0/s1. The Morgan fingerprint density at radius 2 is 1.69 bits per heavy atom. The molecular weight excluding hydrogens is 482 g/mol. The largest absolute Gasteiger partial charge is 0.380 e. The highest BCUT2D eigenvalue weighted by Gasteiger charge is 2.44. The maximum Gasteiger partial charge on any atom is 0.265 e. The molecule has 2 aliphatic heterocycles. The molecule has 0 radical (unpaired) electrons. The summed E-state index contributed by atoms with van der Waals surface area (Å²) in [7, 11) is 0. The maximum absolute atomic E-state index is 13.5. The number of nitrogens with one attached hydrogen (secondary N) is 2. The Morgan fingerprint density at radius 3 is 2.40 bits per heavy atom. The molecule has 3 aromatic rings. The predicted molar refractivity (Wildman–Crippen MR) is 138 cm³/mol. The fraction of sp³-hybridized carbons (Fsp3) is 0.259. The van der Waals surface area contributed by atoms with E-state index in [1.165, 1.54) is 16.8 Å². The lowest BCUT2D eigenvalue weighted by atomic mass is 9.97. The smallest absolute Gasteiger partial charge is 0.265 e. The Bertz CT molecular complexity index is 1190. The fourth-order valence-corrected chi connectivity index (χ4v) is 5.65.